The van der Waals surface area contributed by atoms with Crippen LogP contribution in [0.15, 0.2) is 6.07 Å². The first-order chi connectivity index (χ1) is 12.4. The summed E-state index contributed by atoms with van der Waals surface area (Å²) in [6, 6.07) is 0.937. The van der Waals surface area contributed by atoms with Crippen LogP contribution in [-0.4, -0.2) is 27.2 Å². The summed E-state index contributed by atoms with van der Waals surface area (Å²) < 4.78 is 1.51. The second-order valence-corrected chi connectivity index (χ2v) is 8.91. The third kappa shape index (κ3) is 3.01. The van der Waals surface area contributed by atoms with E-state index in [1.54, 1.807) is 6.92 Å². The van der Waals surface area contributed by atoms with Crippen molar-refractivity contribution in [3.05, 3.63) is 21.9 Å². The summed E-state index contributed by atoms with van der Waals surface area (Å²) in [7, 11) is 0. The molecule has 4 saturated carbocycles. The summed E-state index contributed by atoms with van der Waals surface area (Å²) in [6.45, 7) is 4.42. The summed E-state index contributed by atoms with van der Waals surface area (Å²) in [5.74, 6) is 2.31. The molecule has 1 amide bonds. The van der Waals surface area contributed by atoms with Gasteiger partial charge in [-0.25, -0.2) is 0 Å². The smallest absolute Gasteiger partial charge is 0.358 e. The van der Waals surface area contributed by atoms with Gasteiger partial charge in [-0.1, -0.05) is 6.92 Å². The van der Waals surface area contributed by atoms with Crippen molar-refractivity contribution < 1.29 is 9.72 Å². The second kappa shape index (κ2) is 6.35. The molecule has 1 aromatic heterocycles. The van der Waals surface area contributed by atoms with Gasteiger partial charge < -0.3 is 15.4 Å². The molecule has 1 N–H and O–H groups in total. The first-order valence-electron chi connectivity index (χ1n) is 9.87. The Labute approximate surface area is 153 Å². The van der Waals surface area contributed by atoms with Gasteiger partial charge in [0.1, 0.15) is 0 Å². The van der Waals surface area contributed by atoms with Gasteiger partial charge in [0.2, 0.25) is 5.91 Å². The number of nitrogens with zero attached hydrogens (tertiary/aromatic N) is 3. The summed E-state index contributed by atoms with van der Waals surface area (Å²) in [5.41, 5.74) is 0.932. The zero-order valence-corrected chi connectivity index (χ0v) is 15.6. The lowest BCUT2D eigenvalue weighted by Gasteiger charge is -2.57. The van der Waals surface area contributed by atoms with Gasteiger partial charge in [0, 0.05) is 6.54 Å². The first kappa shape index (κ1) is 17.5. The van der Waals surface area contributed by atoms with Gasteiger partial charge >= 0.3 is 5.82 Å². The van der Waals surface area contributed by atoms with E-state index in [0.29, 0.717) is 12.1 Å². The van der Waals surface area contributed by atoms with E-state index in [-0.39, 0.29) is 17.1 Å². The quantitative estimate of drug-likeness (QED) is 0.622. The predicted octanol–water partition coefficient (Wildman–Crippen LogP) is 3.38. The number of nitrogens with one attached hydrogen (secondary N) is 1. The lowest BCUT2D eigenvalue weighted by molar-refractivity contribution is -0.389. The molecular formula is C19H28N4O3. The lowest BCUT2D eigenvalue weighted by atomic mass is 9.49. The van der Waals surface area contributed by atoms with Crippen LogP contribution in [0.1, 0.15) is 63.6 Å². The molecule has 0 radical (unpaired) electrons. The van der Waals surface area contributed by atoms with Crippen molar-refractivity contribution in [2.45, 2.75) is 64.8 Å². The maximum Gasteiger partial charge on any atom is 0.390 e. The highest BCUT2D eigenvalue weighted by Crippen LogP contribution is 2.59. The van der Waals surface area contributed by atoms with E-state index in [2.05, 4.69) is 10.4 Å². The van der Waals surface area contributed by atoms with Gasteiger partial charge in [-0.15, -0.1) is 0 Å². The zero-order valence-electron chi connectivity index (χ0n) is 15.6. The first-order valence-corrected chi connectivity index (χ1v) is 9.87. The van der Waals surface area contributed by atoms with E-state index in [1.165, 1.54) is 49.3 Å². The molecule has 26 heavy (non-hydrogen) atoms. The highest BCUT2D eigenvalue weighted by atomic mass is 16.6. The molecule has 4 aliphatic carbocycles. The molecule has 1 atom stereocenters. The van der Waals surface area contributed by atoms with Crippen LogP contribution in [0.4, 0.5) is 5.82 Å². The third-order valence-corrected chi connectivity index (χ3v) is 6.88. The molecule has 4 bridgehead atoms. The van der Waals surface area contributed by atoms with Crippen molar-refractivity contribution in [3.8, 4) is 0 Å². The molecular weight excluding hydrogens is 332 g/mol. The summed E-state index contributed by atoms with van der Waals surface area (Å²) in [4.78, 5) is 23.3. The molecule has 142 valence electrons. The normalized spacial score (nSPS) is 33.2. The van der Waals surface area contributed by atoms with Gasteiger partial charge in [0.25, 0.3) is 0 Å². The van der Waals surface area contributed by atoms with Crippen LogP contribution in [0.2, 0.25) is 0 Å². The fourth-order valence-electron chi connectivity index (χ4n) is 6.24. The molecule has 1 aromatic rings. The van der Waals surface area contributed by atoms with Crippen LogP contribution in [-0.2, 0) is 4.79 Å². The standard InChI is InChI=1S/C19H28N4O3/c1-3-16(22-12(2)4-17(21-22)23(25)26)18(24)20-11-19-8-13-5-14(9-19)7-15(6-13)10-19/h4,13-16H,3,5-11H2,1-2H3,(H,20,24). The van der Waals surface area contributed by atoms with Gasteiger partial charge in [-0.05, 0) is 80.0 Å². The monoisotopic (exact) mass is 360 g/mol. The molecule has 0 aromatic carbocycles. The average molecular weight is 360 g/mol. The van der Waals surface area contributed by atoms with Gasteiger partial charge in [0.05, 0.1) is 16.9 Å². The lowest BCUT2D eigenvalue weighted by Crippen LogP contribution is -2.51. The molecule has 7 nitrogen and oxygen atoms in total. The van der Waals surface area contributed by atoms with Crippen molar-refractivity contribution in [2.24, 2.45) is 23.2 Å². The van der Waals surface area contributed by atoms with Crippen LogP contribution >= 0.6 is 0 Å². The Kier molecular flexibility index (Phi) is 4.28. The minimum absolute atomic E-state index is 0.0654. The Hall–Kier alpha value is -1.92. The topological polar surface area (TPSA) is 90.1 Å². The van der Waals surface area contributed by atoms with Crippen LogP contribution < -0.4 is 5.32 Å². The highest BCUT2D eigenvalue weighted by molar-refractivity contribution is 5.80. The maximum atomic E-state index is 12.9. The minimum atomic E-state index is -0.510. The summed E-state index contributed by atoms with van der Waals surface area (Å²) in [5, 5.41) is 18.2. The second-order valence-electron chi connectivity index (χ2n) is 8.91. The number of carbonyl (C=O) groups excluding carboxylic acids is 1. The number of nitro groups is 1. The largest absolute Gasteiger partial charge is 0.390 e. The Morgan fingerprint density at radius 2 is 1.92 bits per heavy atom. The minimum Gasteiger partial charge on any atom is -0.358 e. The van der Waals surface area contributed by atoms with E-state index in [0.717, 1.165) is 24.3 Å². The third-order valence-electron chi connectivity index (χ3n) is 6.88. The molecule has 0 spiro atoms. The van der Waals surface area contributed by atoms with Crippen molar-refractivity contribution in [1.29, 1.82) is 0 Å². The van der Waals surface area contributed by atoms with Gasteiger partial charge in [-0.3, -0.25) is 4.79 Å². The van der Waals surface area contributed by atoms with Gasteiger partial charge in [0.15, 0.2) is 6.04 Å². The molecule has 1 unspecified atom stereocenters. The predicted molar refractivity (Wildman–Crippen MR) is 96.6 cm³/mol. The summed E-state index contributed by atoms with van der Waals surface area (Å²) >= 11 is 0. The van der Waals surface area contributed by atoms with E-state index in [9.17, 15) is 14.9 Å². The molecule has 1 heterocycles. The van der Waals surface area contributed by atoms with Crippen LogP contribution in [0.5, 0.6) is 0 Å². The number of aryl methyl sites for hydroxylation is 1. The molecule has 7 heteroatoms. The summed E-state index contributed by atoms with van der Waals surface area (Å²) in [6.07, 6.45) is 8.49. The van der Waals surface area contributed by atoms with E-state index < -0.39 is 11.0 Å². The fraction of sp³-hybridized carbons (Fsp3) is 0.789. The zero-order chi connectivity index (χ0) is 18.5. The number of hydrogen-bond acceptors (Lipinski definition) is 4. The average Bonchev–Trinajstić information content (AvgIpc) is 2.95. The fourth-order valence-corrected chi connectivity index (χ4v) is 6.24. The Bertz CT molecular complexity index is 691. The Balaban J connectivity index is 1.44. The molecule has 5 rings (SSSR count). The number of rotatable bonds is 6. The van der Waals surface area contributed by atoms with Crippen molar-refractivity contribution in [3.63, 3.8) is 0 Å². The maximum absolute atomic E-state index is 12.9. The number of carbonyl (C=O) groups is 1. The van der Waals surface area contributed by atoms with Crippen molar-refractivity contribution in [2.75, 3.05) is 6.54 Å². The number of aromatic nitrogens is 2. The van der Waals surface area contributed by atoms with Crippen LogP contribution in [0, 0.1) is 40.2 Å². The SMILES string of the molecule is CCC(C(=O)NCC12CC3CC(CC(C3)C1)C2)n1nc([N+](=O)[O-])cc1C. The van der Waals surface area contributed by atoms with Crippen LogP contribution in [0.25, 0.3) is 0 Å². The van der Waals surface area contributed by atoms with Gasteiger partial charge in [-0.2, -0.15) is 4.68 Å². The Morgan fingerprint density at radius 3 is 2.38 bits per heavy atom. The molecule has 0 saturated heterocycles. The van der Waals surface area contributed by atoms with E-state index >= 15 is 0 Å². The van der Waals surface area contributed by atoms with E-state index in [4.69, 9.17) is 0 Å². The molecule has 0 aliphatic heterocycles. The highest BCUT2D eigenvalue weighted by Gasteiger charge is 2.50. The Morgan fingerprint density at radius 1 is 1.35 bits per heavy atom. The molecule has 4 aliphatic rings. The van der Waals surface area contributed by atoms with Crippen molar-refractivity contribution in [1.82, 2.24) is 15.1 Å². The number of hydrogen-bond donors (Lipinski definition) is 1. The number of amides is 1. The van der Waals surface area contributed by atoms with E-state index in [1.807, 2.05) is 6.92 Å². The van der Waals surface area contributed by atoms with Crippen LogP contribution in [0.3, 0.4) is 0 Å². The van der Waals surface area contributed by atoms with Crippen molar-refractivity contribution >= 4 is 11.7 Å². The molecule has 4 fully saturated rings.